The van der Waals surface area contributed by atoms with Gasteiger partial charge in [-0.25, -0.2) is 9.97 Å². The third-order valence-corrected chi connectivity index (χ3v) is 3.43. The maximum Gasteiger partial charge on any atom is 0.182 e. The van der Waals surface area contributed by atoms with Crippen LogP contribution in [0.4, 0.5) is 0 Å². The molecule has 0 unspecified atom stereocenters. The predicted octanol–water partition coefficient (Wildman–Crippen LogP) is -0.847. The van der Waals surface area contributed by atoms with Crippen molar-refractivity contribution in [2.75, 3.05) is 6.61 Å². The van der Waals surface area contributed by atoms with Crippen LogP contribution in [0.2, 0.25) is 0 Å². The van der Waals surface area contributed by atoms with Crippen molar-refractivity contribution in [2.45, 2.75) is 18.6 Å². The number of fused-ring (bicyclic) bond motifs is 1. The van der Waals surface area contributed by atoms with Gasteiger partial charge < -0.3 is 19.8 Å². The number of aliphatic hydroxyl groups is 2. The summed E-state index contributed by atoms with van der Waals surface area (Å²) < 4.78 is 1.62. The van der Waals surface area contributed by atoms with Gasteiger partial charge in [-0.15, -0.1) is 0 Å². The molecule has 2 aromatic heterocycles. The van der Waals surface area contributed by atoms with Gasteiger partial charge in [-0.3, -0.25) is 5.41 Å². The number of imidazole rings is 1. The molecule has 0 radical (unpaired) electrons. The van der Waals surface area contributed by atoms with Crippen LogP contribution in [-0.2, 0) is 0 Å². The largest absolute Gasteiger partial charge is 0.396 e. The van der Waals surface area contributed by atoms with Crippen molar-refractivity contribution in [3.8, 4) is 0 Å². The van der Waals surface area contributed by atoms with Crippen molar-refractivity contribution in [3.05, 3.63) is 18.1 Å². The summed E-state index contributed by atoms with van der Waals surface area (Å²) in [6.07, 6.45) is 3.06. The number of hydrogen-bond donors (Lipinski definition) is 4. The predicted molar refractivity (Wildman–Crippen MR) is 58.0 cm³/mol. The van der Waals surface area contributed by atoms with Crippen molar-refractivity contribution in [2.24, 2.45) is 5.92 Å². The van der Waals surface area contributed by atoms with Gasteiger partial charge in [-0.2, -0.15) is 0 Å². The third kappa shape index (κ3) is 1.39. The number of hydrogen-bond acceptors (Lipinski definition) is 5. The summed E-state index contributed by atoms with van der Waals surface area (Å²) in [5.41, 5.74) is 1.32. The lowest BCUT2D eigenvalue weighted by Gasteiger charge is -2.41. The van der Waals surface area contributed by atoms with Gasteiger partial charge in [0.1, 0.15) is 5.52 Å². The SMILES string of the molecule is N=c1c2[nH]cnc2ncn1[C@@H]1C[C@H](CO)[C@H]1O. The molecule has 1 aliphatic carbocycles. The summed E-state index contributed by atoms with van der Waals surface area (Å²) in [5.74, 6) is -0.0932. The molecule has 0 aromatic carbocycles. The molecule has 3 atom stereocenters. The fourth-order valence-corrected chi connectivity index (χ4v) is 2.28. The van der Waals surface area contributed by atoms with Crippen molar-refractivity contribution < 1.29 is 10.2 Å². The van der Waals surface area contributed by atoms with E-state index in [0.29, 0.717) is 17.6 Å². The lowest BCUT2D eigenvalue weighted by atomic mass is 9.77. The molecule has 3 rings (SSSR count). The first kappa shape index (κ1) is 10.4. The molecule has 2 heterocycles. The van der Waals surface area contributed by atoms with E-state index in [9.17, 15) is 5.11 Å². The number of aromatic nitrogens is 4. The molecule has 90 valence electrons. The lowest BCUT2D eigenvalue weighted by molar-refractivity contribution is -0.0580. The summed E-state index contributed by atoms with van der Waals surface area (Å²) in [6, 6.07) is -0.181. The molecular weight excluding hydrogens is 222 g/mol. The highest BCUT2D eigenvalue weighted by Gasteiger charge is 2.40. The normalized spacial score (nSPS) is 28.2. The van der Waals surface area contributed by atoms with E-state index in [4.69, 9.17) is 10.5 Å². The number of H-pyrrole nitrogens is 1. The second kappa shape index (κ2) is 3.64. The molecule has 1 saturated carbocycles. The highest BCUT2D eigenvalue weighted by molar-refractivity contribution is 5.67. The maximum atomic E-state index is 9.85. The highest BCUT2D eigenvalue weighted by atomic mass is 16.3. The topological polar surface area (TPSA) is 111 Å². The quantitative estimate of drug-likeness (QED) is 0.543. The van der Waals surface area contributed by atoms with E-state index >= 15 is 0 Å². The van der Waals surface area contributed by atoms with E-state index in [1.165, 1.54) is 12.7 Å². The number of aliphatic hydroxyl groups excluding tert-OH is 2. The van der Waals surface area contributed by atoms with Gasteiger partial charge in [0.15, 0.2) is 11.1 Å². The number of nitrogens with one attached hydrogen (secondary N) is 2. The van der Waals surface area contributed by atoms with E-state index < -0.39 is 6.10 Å². The van der Waals surface area contributed by atoms with Crippen LogP contribution in [0.25, 0.3) is 11.2 Å². The molecule has 1 aliphatic rings. The van der Waals surface area contributed by atoms with Crippen LogP contribution in [0, 0.1) is 11.3 Å². The molecule has 7 nitrogen and oxygen atoms in total. The van der Waals surface area contributed by atoms with Gasteiger partial charge in [0.25, 0.3) is 0 Å². The van der Waals surface area contributed by atoms with Crippen molar-refractivity contribution in [1.29, 1.82) is 5.41 Å². The Hall–Kier alpha value is -1.73. The monoisotopic (exact) mass is 235 g/mol. The first-order valence-electron chi connectivity index (χ1n) is 5.46. The number of nitrogens with zero attached hydrogens (tertiary/aromatic N) is 3. The fraction of sp³-hybridized carbons (Fsp3) is 0.500. The van der Waals surface area contributed by atoms with Gasteiger partial charge in [0.05, 0.1) is 24.8 Å². The average Bonchev–Trinajstić information content (AvgIpc) is 2.80. The summed E-state index contributed by atoms with van der Waals surface area (Å²) >= 11 is 0. The van der Waals surface area contributed by atoms with E-state index in [-0.39, 0.29) is 24.1 Å². The fourth-order valence-electron chi connectivity index (χ4n) is 2.28. The minimum absolute atomic E-state index is 0.0225. The van der Waals surface area contributed by atoms with Crippen LogP contribution in [0.15, 0.2) is 12.7 Å². The minimum Gasteiger partial charge on any atom is -0.396 e. The molecule has 2 aromatic rings. The van der Waals surface area contributed by atoms with Crippen molar-refractivity contribution >= 4 is 11.2 Å². The Morgan fingerprint density at radius 2 is 2.35 bits per heavy atom. The van der Waals surface area contributed by atoms with E-state index in [1.807, 2.05) is 0 Å². The first-order valence-corrected chi connectivity index (χ1v) is 5.46. The van der Waals surface area contributed by atoms with E-state index in [0.717, 1.165) is 0 Å². The summed E-state index contributed by atoms with van der Waals surface area (Å²) in [6.45, 7) is -0.0225. The molecule has 0 bridgehead atoms. The molecule has 4 N–H and O–H groups in total. The molecule has 7 heteroatoms. The Labute approximate surface area is 96.3 Å². The third-order valence-electron chi connectivity index (χ3n) is 3.43. The molecular formula is C10H13N5O2. The summed E-state index contributed by atoms with van der Waals surface area (Å²) in [5, 5.41) is 26.8. The summed E-state index contributed by atoms with van der Waals surface area (Å²) in [7, 11) is 0. The second-order valence-electron chi connectivity index (χ2n) is 4.34. The molecule has 0 saturated heterocycles. The van der Waals surface area contributed by atoms with Crippen LogP contribution in [0.5, 0.6) is 0 Å². The van der Waals surface area contributed by atoms with Crippen LogP contribution < -0.4 is 5.49 Å². The number of rotatable bonds is 2. The molecule has 17 heavy (non-hydrogen) atoms. The van der Waals surface area contributed by atoms with Crippen molar-refractivity contribution in [3.63, 3.8) is 0 Å². The Kier molecular flexibility index (Phi) is 2.23. The highest BCUT2D eigenvalue weighted by Crippen LogP contribution is 2.36. The molecule has 1 fully saturated rings. The van der Waals surface area contributed by atoms with Gasteiger partial charge in [0.2, 0.25) is 0 Å². The number of aromatic amines is 1. The van der Waals surface area contributed by atoms with Gasteiger partial charge in [-0.05, 0) is 6.42 Å². The van der Waals surface area contributed by atoms with Crippen LogP contribution in [0.3, 0.4) is 0 Å². The maximum absolute atomic E-state index is 9.85. The zero-order valence-corrected chi connectivity index (χ0v) is 9.04. The van der Waals surface area contributed by atoms with Crippen LogP contribution >= 0.6 is 0 Å². The van der Waals surface area contributed by atoms with Crippen molar-refractivity contribution in [1.82, 2.24) is 19.5 Å². The van der Waals surface area contributed by atoms with E-state index in [2.05, 4.69) is 15.0 Å². The standard InChI is InChI=1S/C10H13N5O2/c11-9-7-10(13-3-12-7)14-4-15(9)6-1-5(2-16)8(6)17/h3-6,8,11,16-17H,1-2H2,(H,12,13)/t5-,6-,8-/m1/s1. The van der Waals surface area contributed by atoms with Crippen LogP contribution in [-0.4, -0.2) is 42.4 Å². The van der Waals surface area contributed by atoms with Gasteiger partial charge >= 0.3 is 0 Å². The lowest BCUT2D eigenvalue weighted by Crippen LogP contribution is -2.48. The van der Waals surface area contributed by atoms with E-state index in [1.54, 1.807) is 4.57 Å². The Morgan fingerprint density at radius 3 is 3.06 bits per heavy atom. The Morgan fingerprint density at radius 1 is 1.53 bits per heavy atom. The molecule has 0 aliphatic heterocycles. The van der Waals surface area contributed by atoms with Gasteiger partial charge in [-0.1, -0.05) is 0 Å². The summed E-state index contributed by atoms with van der Waals surface area (Å²) in [4.78, 5) is 10.9. The minimum atomic E-state index is -0.615. The smallest absolute Gasteiger partial charge is 0.182 e. The Balaban J connectivity index is 2.02. The Bertz CT molecular complexity index is 604. The second-order valence-corrected chi connectivity index (χ2v) is 4.34. The van der Waals surface area contributed by atoms with Crippen LogP contribution in [0.1, 0.15) is 12.5 Å². The zero-order valence-electron chi connectivity index (χ0n) is 9.04. The molecule has 0 amide bonds. The average molecular weight is 235 g/mol. The zero-order chi connectivity index (χ0) is 12.0. The van der Waals surface area contributed by atoms with Gasteiger partial charge in [0, 0.05) is 12.5 Å². The first-order chi connectivity index (χ1) is 8.22. The molecule has 0 spiro atoms.